The van der Waals surface area contributed by atoms with E-state index in [1.807, 2.05) is 24.4 Å². The number of hydrogen-bond acceptors (Lipinski definition) is 1. The molecule has 1 aromatic heterocycles. The molecule has 0 saturated heterocycles. The molecule has 0 aliphatic rings. The van der Waals surface area contributed by atoms with Gasteiger partial charge < -0.3 is 0 Å². The molecule has 0 aliphatic heterocycles. The molecule has 3 heteroatoms. The molecule has 15 heavy (non-hydrogen) atoms. The Labute approximate surface area is 87.8 Å². The number of halogens is 1. The summed E-state index contributed by atoms with van der Waals surface area (Å²) < 4.78 is 12.6. The maximum Gasteiger partial charge on any atom is 0.272 e. The van der Waals surface area contributed by atoms with Crippen molar-refractivity contribution < 1.29 is 9.37 Å². The first-order valence-electron chi connectivity index (χ1n) is 4.79. The first-order chi connectivity index (χ1) is 7.34. The molecular formula is C12H12FN2+. The lowest BCUT2D eigenvalue weighted by molar-refractivity contribution is -0.361. The van der Waals surface area contributed by atoms with Gasteiger partial charge in [0, 0.05) is 6.07 Å². The summed E-state index contributed by atoms with van der Waals surface area (Å²) in [7, 11) is 0. The fourth-order valence-corrected chi connectivity index (χ4v) is 1.30. The van der Waals surface area contributed by atoms with E-state index in [4.69, 9.17) is 0 Å². The summed E-state index contributed by atoms with van der Waals surface area (Å²) in [4.78, 5) is 3.06. The van der Waals surface area contributed by atoms with E-state index in [0.29, 0.717) is 6.54 Å². The minimum Gasteiger partial charge on any atom is -0.270 e. The molecule has 2 N–H and O–H groups in total. The van der Waals surface area contributed by atoms with E-state index in [1.54, 1.807) is 12.1 Å². The van der Waals surface area contributed by atoms with Gasteiger partial charge in [0.25, 0.3) is 5.82 Å². The van der Waals surface area contributed by atoms with Gasteiger partial charge in [-0.25, -0.2) is 9.37 Å². The van der Waals surface area contributed by atoms with Crippen molar-refractivity contribution in [2.24, 2.45) is 0 Å². The van der Waals surface area contributed by atoms with Crippen molar-refractivity contribution in [3.63, 3.8) is 0 Å². The van der Waals surface area contributed by atoms with Gasteiger partial charge in [0.1, 0.15) is 12.4 Å². The number of nitrogens with one attached hydrogen (secondary N) is 2. The Kier molecular flexibility index (Phi) is 2.93. The Balaban J connectivity index is 1.96. The van der Waals surface area contributed by atoms with Crippen LogP contribution in [0.15, 0.2) is 48.7 Å². The standard InChI is InChI=1S/C12H11FN2/c13-11-6-4-10(5-7-11)9-15-12-3-1-2-8-14-12/h1-8H,9H2,(H,14,15)/p+1. The second kappa shape index (κ2) is 4.55. The summed E-state index contributed by atoms with van der Waals surface area (Å²) in [6.07, 6.45) is 1.85. The largest absolute Gasteiger partial charge is 0.272 e. The zero-order valence-electron chi connectivity index (χ0n) is 8.20. The Morgan fingerprint density at radius 3 is 2.53 bits per heavy atom. The average Bonchev–Trinajstić information content (AvgIpc) is 2.30. The van der Waals surface area contributed by atoms with Crippen molar-refractivity contribution >= 4 is 5.82 Å². The van der Waals surface area contributed by atoms with Gasteiger partial charge >= 0.3 is 0 Å². The Morgan fingerprint density at radius 1 is 1.07 bits per heavy atom. The number of rotatable bonds is 3. The predicted molar refractivity (Wildman–Crippen MR) is 56.7 cm³/mol. The molecule has 1 heterocycles. The van der Waals surface area contributed by atoms with Crippen molar-refractivity contribution in [2.45, 2.75) is 6.54 Å². The lowest BCUT2D eigenvalue weighted by Crippen LogP contribution is -2.11. The van der Waals surface area contributed by atoms with Gasteiger partial charge in [-0.05, 0) is 23.8 Å². The minimum absolute atomic E-state index is 0.204. The van der Waals surface area contributed by atoms with Crippen LogP contribution in [0.5, 0.6) is 0 Å². The van der Waals surface area contributed by atoms with Gasteiger partial charge in [-0.3, -0.25) is 5.32 Å². The highest BCUT2D eigenvalue weighted by Gasteiger charge is 1.99. The molecule has 0 aliphatic carbocycles. The van der Waals surface area contributed by atoms with Crippen molar-refractivity contribution in [1.82, 2.24) is 0 Å². The molecule has 0 saturated carbocycles. The van der Waals surface area contributed by atoms with Crippen molar-refractivity contribution in [1.29, 1.82) is 0 Å². The fourth-order valence-electron chi connectivity index (χ4n) is 1.30. The zero-order chi connectivity index (χ0) is 10.5. The highest BCUT2D eigenvalue weighted by Crippen LogP contribution is 2.04. The highest BCUT2D eigenvalue weighted by atomic mass is 19.1. The Hall–Kier alpha value is -1.90. The molecule has 0 amide bonds. The Morgan fingerprint density at radius 2 is 1.87 bits per heavy atom. The van der Waals surface area contributed by atoms with Gasteiger partial charge in [0.05, 0.1) is 6.20 Å². The minimum atomic E-state index is -0.204. The summed E-state index contributed by atoms with van der Waals surface area (Å²) >= 11 is 0. The van der Waals surface area contributed by atoms with Crippen LogP contribution in [0.25, 0.3) is 0 Å². The van der Waals surface area contributed by atoms with Crippen LogP contribution in [0.2, 0.25) is 0 Å². The van der Waals surface area contributed by atoms with E-state index in [9.17, 15) is 4.39 Å². The number of aromatic nitrogens is 1. The molecule has 0 unspecified atom stereocenters. The average molecular weight is 203 g/mol. The van der Waals surface area contributed by atoms with Crippen LogP contribution >= 0.6 is 0 Å². The van der Waals surface area contributed by atoms with Crippen LogP contribution in [0, 0.1) is 5.82 Å². The topological polar surface area (TPSA) is 26.2 Å². The number of H-pyrrole nitrogens is 1. The molecule has 0 spiro atoms. The third-order valence-electron chi connectivity index (χ3n) is 2.11. The van der Waals surface area contributed by atoms with Gasteiger partial charge in [-0.1, -0.05) is 18.2 Å². The van der Waals surface area contributed by atoms with E-state index >= 15 is 0 Å². The maximum absolute atomic E-state index is 12.6. The normalized spacial score (nSPS) is 9.93. The summed E-state index contributed by atoms with van der Waals surface area (Å²) in [5, 5.41) is 3.20. The Bertz CT molecular complexity index is 411. The molecule has 2 aromatic rings. The second-order valence-corrected chi connectivity index (χ2v) is 3.26. The highest BCUT2D eigenvalue weighted by molar-refractivity contribution is 5.29. The summed E-state index contributed by atoms with van der Waals surface area (Å²) in [5.41, 5.74) is 1.05. The first kappa shape index (κ1) is 9.65. The summed E-state index contributed by atoms with van der Waals surface area (Å²) in [6, 6.07) is 12.3. The third kappa shape index (κ3) is 2.77. The number of pyridine rings is 1. The van der Waals surface area contributed by atoms with Crippen molar-refractivity contribution in [3.05, 3.63) is 60.0 Å². The van der Waals surface area contributed by atoms with Crippen LogP contribution in [-0.2, 0) is 6.54 Å². The van der Waals surface area contributed by atoms with Crippen molar-refractivity contribution in [2.75, 3.05) is 5.32 Å². The van der Waals surface area contributed by atoms with Crippen LogP contribution < -0.4 is 10.3 Å². The molecule has 2 rings (SSSR count). The zero-order valence-corrected chi connectivity index (χ0v) is 8.20. The first-order valence-corrected chi connectivity index (χ1v) is 4.79. The van der Waals surface area contributed by atoms with E-state index < -0.39 is 0 Å². The summed E-state index contributed by atoms with van der Waals surface area (Å²) in [5.74, 6) is 0.742. The second-order valence-electron chi connectivity index (χ2n) is 3.26. The van der Waals surface area contributed by atoms with Crippen molar-refractivity contribution in [3.8, 4) is 0 Å². The van der Waals surface area contributed by atoms with E-state index in [0.717, 1.165) is 11.4 Å². The van der Waals surface area contributed by atoms with E-state index in [2.05, 4.69) is 10.3 Å². The van der Waals surface area contributed by atoms with E-state index in [1.165, 1.54) is 12.1 Å². The molecule has 2 nitrogen and oxygen atoms in total. The monoisotopic (exact) mass is 203 g/mol. The quantitative estimate of drug-likeness (QED) is 0.813. The SMILES string of the molecule is Fc1ccc(CNc2cccc[nH+]2)cc1. The predicted octanol–water partition coefficient (Wildman–Crippen LogP) is 2.25. The van der Waals surface area contributed by atoms with Crippen LogP contribution in [0.1, 0.15) is 5.56 Å². The number of hydrogen-bond donors (Lipinski definition) is 1. The molecule has 76 valence electrons. The lowest BCUT2D eigenvalue weighted by Gasteiger charge is -1.99. The molecule has 1 aromatic carbocycles. The molecular weight excluding hydrogens is 191 g/mol. The van der Waals surface area contributed by atoms with E-state index in [-0.39, 0.29) is 5.82 Å². The summed E-state index contributed by atoms with van der Waals surface area (Å²) in [6.45, 7) is 0.681. The van der Waals surface area contributed by atoms with Crippen LogP contribution in [0.4, 0.5) is 10.2 Å². The smallest absolute Gasteiger partial charge is 0.270 e. The lowest BCUT2D eigenvalue weighted by atomic mass is 10.2. The number of benzene rings is 1. The maximum atomic E-state index is 12.6. The van der Waals surface area contributed by atoms with Gasteiger partial charge in [-0.15, -0.1) is 0 Å². The van der Waals surface area contributed by atoms with Gasteiger partial charge in [0.15, 0.2) is 0 Å². The fraction of sp³-hybridized carbons (Fsp3) is 0.0833. The van der Waals surface area contributed by atoms with Crippen LogP contribution in [-0.4, -0.2) is 0 Å². The molecule has 0 fully saturated rings. The number of aromatic amines is 1. The van der Waals surface area contributed by atoms with Crippen LogP contribution in [0.3, 0.4) is 0 Å². The van der Waals surface area contributed by atoms with Gasteiger partial charge in [0.2, 0.25) is 0 Å². The number of anilines is 1. The molecule has 0 bridgehead atoms. The molecule has 0 atom stereocenters. The molecule has 0 radical (unpaired) electrons. The van der Waals surface area contributed by atoms with Gasteiger partial charge in [-0.2, -0.15) is 0 Å². The third-order valence-corrected chi connectivity index (χ3v) is 2.11.